The molecule has 1 saturated heterocycles. The lowest BCUT2D eigenvalue weighted by Gasteiger charge is -2.35. The second-order valence-electron chi connectivity index (χ2n) is 6.98. The predicted octanol–water partition coefficient (Wildman–Crippen LogP) is 3.37. The van der Waals surface area contributed by atoms with Gasteiger partial charge in [-0.1, -0.05) is 6.07 Å². The molecule has 2 aromatic carbocycles. The third-order valence-electron chi connectivity index (χ3n) is 5.70. The highest BCUT2D eigenvalue weighted by Gasteiger charge is 2.41. The second-order valence-corrected chi connectivity index (χ2v) is 6.98. The van der Waals surface area contributed by atoms with E-state index in [0.717, 1.165) is 30.8 Å². The highest BCUT2D eigenvalue weighted by molar-refractivity contribution is 5.54. The van der Waals surface area contributed by atoms with Gasteiger partial charge in [0.2, 0.25) is 0 Å². The molecule has 1 aliphatic carbocycles. The molecule has 5 nitrogen and oxygen atoms in total. The van der Waals surface area contributed by atoms with Gasteiger partial charge in [0.05, 0.1) is 34.5 Å². The highest BCUT2D eigenvalue weighted by Crippen LogP contribution is 2.49. The fraction of sp³-hybridized carbons (Fsp3) is 0.429. The van der Waals surface area contributed by atoms with Crippen molar-refractivity contribution in [3.05, 3.63) is 47.0 Å². The van der Waals surface area contributed by atoms with E-state index in [9.17, 15) is 5.11 Å². The van der Waals surface area contributed by atoms with Gasteiger partial charge in [-0.05, 0) is 59.2 Å². The first kappa shape index (κ1) is 17.0. The molecule has 0 bridgehead atoms. The van der Waals surface area contributed by atoms with Crippen molar-refractivity contribution in [2.24, 2.45) is 11.8 Å². The van der Waals surface area contributed by atoms with Gasteiger partial charge >= 0.3 is 0 Å². The van der Waals surface area contributed by atoms with Crippen molar-refractivity contribution in [2.45, 2.75) is 12.3 Å². The molecule has 0 amide bonds. The zero-order valence-corrected chi connectivity index (χ0v) is 15.3. The molecule has 1 heterocycles. The van der Waals surface area contributed by atoms with Crippen LogP contribution in [0.25, 0.3) is 0 Å². The minimum Gasteiger partial charge on any atom is -0.504 e. The molecule has 138 valence electrons. The molecule has 26 heavy (non-hydrogen) atoms. The standard InChI is InChI=1S/C21H24O5/c1-23-18-5-4-12(7-20(18)25-3)21-15-9-17(22)19(24-2)8-13(15)6-14-10-26-11-16(14)21/h4-5,7-9,14,16,21-22H,6,10-11H2,1-3H3/t14-,16-,21-/m0/s1. The summed E-state index contributed by atoms with van der Waals surface area (Å²) in [6.45, 7) is 1.51. The minimum absolute atomic E-state index is 0.142. The summed E-state index contributed by atoms with van der Waals surface area (Å²) in [4.78, 5) is 0. The normalized spacial score (nSPS) is 23.9. The molecular weight excluding hydrogens is 332 g/mol. The van der Waals surface area contributed by atoms with Crippen LogP contribution in [0.1, 0.15) is 22.6 Å². The van der Waals surface area contributed by atoms with Crippen LogP contribution in [0.15, 0.2) is 30.3 Å². The molecule has 3 atom stereocenters. The van der Waals surface area contributed by atoms with Crippen LogP contribution in [0, 0.1) is 11.8 Å². The average Bonchev–Trinajstić information content (AvgIpc) is 3.13. The van der Waals surface area contributed by atoms with E-state index in [2.05, 4.69) is 6.07 Å². The van der Waals surface area contributed by atoms with Gasteiger partial charge in [0.1, 0.15) is 0 Å². The first-order valence-corrected chi connectivity index (χ1v) is 8.85. The van der Waals surface area contributed by atoms with E-state index in [4.69, 9.17) is 18.9 Å². The summed E-state index contributed by atoms with van der Waals surface area (Å²) in [6.07, 6.45) is 0.945. The van der Waals surface area contributed by atoms with E-state index >= 15 is 0 Å². The monoisotopic (exact) mass is 356 g/mol. The van der Waals surface area contributed by atoms with Gasteiger partial charge in [0.25, 0.3) is 0 Å². The lowest BCUT2D eigenvalue weighted by atomic mass is 9.68. The first-order chi connectivity index (χ1) is 12.7. The first-order valence-electron chi connectivity index (χ1n) is 8.85. The Labute approximate surface area is 153 Å². The van der Waals surface area contributed by atoms with E-state index in [1.54, 1.807) is 21.3 Å². The zero-order valence-electron chi connectivity index (χ0n) is 15.3. The van der Waals surface area contributed by atoms with Crippen molar-refractivity contribution < 1.29 is 24.1 Å². The maximum Gasteiger partial charge on any atom is 0.161 e. The lowest BCUT2D eigenvalue weighted by Crippen LogP contribution is -2.29. The molecule has 1 fully saturated rings. The van der Waals surface area contributed by atoms with E-state index < -0.39 is 0 Å². The predicted molar refractivity (Wildman–Crippen MR) is 97.6 cm³/mol. The number of aromatic hydroxyl groups is 1. The van der Waals surface area contributed by atoms with Gasteiger partial charge < -0.3 is 24.1 Å². The van der Waals surface area contributed by atoms with Crippen molar-refractivity contribution in [3.63, 3.8) is 0 Å². The summed E-state index contributed by atoms with van der Waals surface area (Å²) in [6, 6.07) is 9.88. The Hall–Kier alpha value is -2.40. The van der Waals surface area contributed by atoms with Crippen molar-refractivity contribution in [1.82, 2.24) is 0 Å². The molecular formula is C21H24O5. The summed E-state index contributed by atoms with van der Waals surface area (Å²) in [7, 11) is 4.87. The fourth-order valence-corrected chi connectivity index (χ4v) is 4.44. The molecule has 2 aromatic rings. The molecule has 4 rings (SSSR count). The van der Waals surface area contributed by atoms with Crippen LogP contribution in [0.4, 0.5) is 0 Å². The van der Waals surface area contributed by atoms with Crippen molar-refractivity contribution in [1.29, 1.82) is 0 Å². The molecule has 0 spiro atoms. The van der Waals surface area contributed by atoms with Gasteiger partial charge in [-0.25, -0.2) is 0 Å². The number of benzene rings is 2. The Morgan fingerprint density at radius 2 is 1.69 bits per heavy atom. The Bertz CT molecular complexity index is 816. The van der Waals surface area contributed by atoms with Crippen LogP contribution in [0.5, 0.6) is 23.0 Å². The van der Waals surface area contributed by atoms with E-state index in [-0.39, 0.29) is 11.7 Å². The molecule has 1 aliphatic heterocycles. The average molecular weight is 356 g/mol. The zero-order chi connectivity index (χ0) is 18.3. The molecule has 0 radical (unpaired) electrons. The summed E-state index contributed by atoms with van der Waals surface area (Å²) >= 11 is 0. The van der Waals surface area contributed by atoms with E-state index in [1.807, 2.05) is 24.3 Å². The number of ether oxygens (including phenoxy) is 4. The molecule has 0 saturated carbocycles. The largest absolute Gasteiger partial charge is 0.504 e. The summed E-state index contributed by atoms with van der Waals surface area (Å²) in [5.74, 6) is 3.11. The number of hydrogen-bond acceptors (Lipinski definition) is 5. The number of rotatable bonds is 4. The van der Waals surface area contributed by atoms with E-state index in [0.29, 0.717) is 29.1 Å². The topological polar surface area (TPSA) is 57.2 Å². The number of phenolic OH excluding ortho intramolecular Hbond substituents is 1. The van der Waals surface area contributed by atoms with Gasteiger partial charge in [-0.15, -0.1) is 0 Å². The van der Waals surface area contributed by atoms with Crippen LogP contribution < -0.4 is 14.2 Å². The minimum atomic E-state index is 0.142. The SMILES string of the molecule is COc1cc2c(cc1O)[C@H](c1ccc(OC)c(OC)c1)[C@H]1COC[C@@H]1C2. The van der Waals surface area contributed by atoms with Crippen molar-refractivity contribution in [2.75, 3.05) is 34.5 Å². The molecule has 2 aliphatic rings. The molecule has 0 aromatic heterocycles. The van der Waals surface area contributed by atoms with Gasteiger partial charge in [-0.3, -0.25) is 0 Å². The number of hydrogen-bond donors (Lipinski definition) is 1. The van der Waals surface area contributed by atoms with Gasteiger partial charge in [0, 0.05) is 5.92 Å². The maximum absolute atomic E-state index is 10.4. The van der Waals surface area contributed by atoms with Crippen molar-refractivity contribution in [3.8, 4) is 23.0 Å². The molecule has 5 heteroatoms. The second kappa shape index (κ2) is 6.72. The Balaban J connectivity index is 1.85. The van der Waals surface area contributed by atoms with Crippen LogP contribution >= 0.6 is 0 Å². The lowest BCUT2D eigenvalue weighted by molar-refractivity contribution is 0.179. The number of fused-ring (bicyclic) bond motifs is 2. The maximum atomic E-state index is 10.4. The van der Waals surface area contributed by atoms with Crippen molar-refractivity contribution >= 4 is 0 Å². The van der Waals surface area contributed by atoms with E-state index in [1.165, 1.54) is 5.56 Å². The van der Waals surface area contributed by atoms with Crippen LogP contribution in [-0.2, 0) is 11.2 Å². The smallest absolute Gasteiger partial charge is 0.161 e. The Morgan fingerprint density at radius 3 is 2.42 bits per heavy atom. The summed E-state index contributed by atoms with van der Waals surface area (Å²) in [5.41, 5.74) is 3.50. The van der Waals surface area contributed by atoms with Gasteiger partial charge in [-0.2, -0.15) is 0 Å². The van der Waals surface area contributed by atoms with Crippen LogP contribution in [0.3, 0.4) is 0 Å². The number of methoxy groups -OCH3 is 3. The van der Waals surface area contributed by atoms with Crippen LogP contribution in [0.2, 0.25) is 0 Å². The highest BCUT2D eigenvalue weighted by atomic mass is 16.5. The van der Waals surface area contributed by atoms with Gasteiger partial charge in [0.15, 0.2) is 23.0 Å². The summed E-state index contributed by atoms with van der Waals surface area (Å²) in [5, 5.41) is 10.4. The Kier molecular flexibility index (Phi) is 4.41. The third kappa shape index (κ3) is 2.67. The fourth-order valence-electron chi connectivity index (χ4n) is 4.44. The quantitative estimate of drug-likeness (QED) is 0.910. The van der Waals surface area contributed by atoms with Crippen LogP contribution in [-0.4, -0.2) is 39.6 Å². The number of phenols is 1. The third-order valence-corrected chi connectivity index (χ3v) is 5.70. The molecule has 1 N–H and O–H groups in total. The Morgan fingerprint density at radius 1 is 0.923 bits per heavy atom. The molecule has 0 unspecified atom stereocenters. The summed E-state index contributed by atoms with van der Waals surface area (Å²) < 4.78 is 22.0.